The van der Waals surface area contributed by atoms with Crippen LogP contribution in [0.2, 0.25) is 0 Å². The topological polar surface area (TPSA) is 71.2 Å². The van der Waals surface area contributed by atoms with Crippen LogP contribution in [0.4, 0.5) is 5.82 Å². The van der Waals surface area contributed by atoms with E-state index in [0.29, 0.717) is 6.54 Å². The predicted octanol–water partition coefficient (Wildman–Crippen LogP) is 2.91. The summed E-state index contributed by atoms with van der Waals surface area (Å²) < 4.78 is 0. The van der Waals surface area contributed by atoms with E-state index >= 15 is 0 Å². The second-order valence-corrected chi connectivity index (χ2v) is 7.13. The maximum atomic E-state index is 12.1. The first-order chi connectivity index (χ1) is 10.4. The van der Waals surface area contributed by atoms with E-state index in [2.05, 4.69) is 21.3 Å². The fraction of sp³-hybridized carbons (Fsp3) is 0.647. The third kappa shape index (κ3) is 6.46. The predicted molar refractivity (Wildman–Crippen MR) is 104 cm³/mol. The van der Waals surface area contributed by atoms with Gasteiger partial charge in [0.25, 0.3) is 0 Å². The molecule has 2 heterocycles. The van der Waals surface area contributed by atoms with Crippen LogP contribution >= 0.6 is 24.8 Å². The van der Waals surface area contributed by atoms with Crippen LogP contribution in [0.5, 0.6) is 0 Å². The van der Waals surface area contributed by atoms with Crippen LogP contribution in [0.1, 0.15) is 45.6 Å². The van der Waals surface area contributed by atoms with Crippen molar-refractivity contribution in [3.05, 3.63) is 23.9 Å². The van der Waals surface area contributed by atoms with Crippen LogP contribution in [0, 0.1) is 5.41 Å². The number of hydrogen-bond donors (Lipinski definition) is 2. The molecule has 5 nitrogen and oxygen atoms in total. The van der Waals surface area contributed by atoms with E-state index in [9.17, 15) is 4.79 Å². The summed E-state index contributed by atoms with van der Waals surface area (Å²) in [7, 11) is 0. The molecule has 3 N–H and O–H groups in total. The van der Waals surface area contributed by atoms with Gasteiger partial charge in [-0.05, 0) is 42.4 Å². The molecule has 2 rings (SSSR count). The highest BCUT2D eigenvalue weighted by Gasteiger charge is 2.27. The largest absolute Gasteiger partial charge is 0.357 e. The minimum atomic E-state index is -0.504. The van der Waals surface area contributed by atoms with E-state index in [1.807, 2.05) is 33.0 Å². The molecule has 1 aromatic rings. The molecule has 0 unspecified atom stereocenters. The summed E-state index contributed by atoms with van der Waals surface area (Å²) in [6.07, 6.45) is 5.57. The van der Waals surface area contributed by atoms with E-state index in [4.69, 9.17) is 5.73 Å². The maximum Gasteiger partial charge on any atom is 0.237 e. The number of piperidine rings is 1. The zero-order chi connectivity index (χ0) is 16.2. The summed E-state index contributed by atoms with van der Waals surface area (Å²) in [5.41, 5.74) is 6.80. The number of rotatable bonds is 4. The molecule has 138 valence electrons. The number of hydrogen-bond acceptors (Lipinski definition) is 4. The van der Waals surface area contributed by atoms with Gasteiger partial charge < -0.3 is 16.0 Å². The van der Waals surface area contributed by atoms with Gasteiger partial charge in [-0.25, -0.2) is 4.98 Å². The number of anilines is 1. The molecule has 0 radical (unpaired) electrons. The number of carbonyl (C=O) groups is 1. The smallest absolute Gasteiger partial charge is 0.237 e. The lowest BCUT2D eigenvalue weighted by Gasteiger charge is -2.28. The number of nitrogens with one attached hydrogen (secondary N) is 1. The van der Waals surface area contributed by atoms with Crippen molar-refractivity contribution < 1.29 is 4.79 Å². The highest BCUT2D eigenvalue weighted by atomic mass is 35.5. The van der Waals surface area contributed by atoms with Crippen LogP contribution in [-0.4, -0.2) is 30.0 Å². The molecule has 1 saturated heterocycles. The summed E-state index contributed by atoms with van der Waals surface area (Å²) in [4.78, 5) is 18.9. The molecule has 0 aliphatic carbocycles. The summed E-state index contributed by atoms with van der Waals surface area (Å²) in [5, 5.41) is 2.93. The minimum absolute atomic E-state index is 0. The number of halogens is 2. The Hall–Kier alpha value is -1.04. The molecule has 1 fully saturated rings. The molecular formula is C17H30Cl2N4O. The van der Waals surface area contributed by atoms with E-state index in [0.717, 1.165) is 24.5 Å². The molecule has 1 aromatic heterocycles. The Labute approximate surface area is 157 Å². The van der Waals surface area contributed by atoms with Crippen LogP contribution in [0.3, 0.4) is 0 Å². The van der Waals surface area contributed by atoms with Crippen LogP contribution in [0.25, 0.3) is 0 Å². The van der Waals surface area contributed by atoms with Crippen molar-refractivity contribution in [1.82, 2.24) is 10.3 Å². The Morgan fingerprint density at radius 1 is 1.29 bits per heavy atom. The lowest BCUT2D eigenvalue weighted by molar-refractivity contribution is -0.124. The number of nitrogens with zero attached hydrogens (tertiary/aromatic N) is 2. The second-order valence-electron chi connectivity index (χ2n) is 7.13. The lowest BCUT2D eigenvalue weighted by Crippen LogP contribution is -2.48. The first-order valence-electron chi connectivity index (χ1n) is 8.11. The van der Waals surface area contributed by atoms with Crippen molar-refractivity contribution in [3.8, 4) is 0 Å². The molecule has 1 aliphatic heterocycles. The van der Waals surface area contributed by atoms with Crippen molar-refractivity contribution in [2.24, 2.45) is 11.1 Å². The Bertz CT molecular complexity index is 514. The van der Waals surface area contributed by atoms with E-state index in [-0.39, 0.29) is 36.1 Å². The van der Waals surface area contributed by atoms with Gasteiger partial charge >= 0.3 is 0 Å². The van der Waals surface area contributed by atoms with Gasteiger partial charge in [-0.2, -0.15) is 0 Å². The maximum absolute atomic E-state index is 12.1. The van der Waals surface area contributed by atoms with Gasteiger partial charge in [-0.15, -0.1) is 24.8 Å². The highest BCUT2D eigenvalue weighted by Crippen LogP contribution is 2.19. The fourth-order valence-electron chi connectivity index (χ4n) is 2.56. The third-order valence-corrected chi connectivity index (χ3v) is 4.17. The van der Waals surface area contributed by atoms with Crippen molar-refractivity contribution in [2.45, 2.75) is 52.6 Å². The van der Waals surface area contributed by atoms with E-state index in [1.54, 1.807) is 0 Å². The average molecular weight is 377 g/mol. The third-order valence-electron chi connectivity index (χ3n) is 4.17. The van der Waals surface area contributed by atoms with Gasteiger partial charge in [0.15, 0.2) is 0 Å². The van der Waals surface area contributed by atoms with Gasteiger partial charge in [0, 0.05) is 25.8 Å². The summed E-state index contributed by atoms with van der Waals surface area (Å²) >= 11 is 0. The van der Waals surface area contributed by atoms with Crippen molar-refractivity contribution in [1.29, 1.82) is 0 Å². The first-order valence-corrected chi connectivity index (χ1v) is 8.11. The Balaban J connectivity index is 0.00000264. The SMILES string of the molecule is CC(C)(C)[C@H](N)C(=O)NCc1ccnc(N2CCCCC2)c1.Cl.Cl. The summed E-state index contributed by atoms with van der Waals surface area (Å²) in [5.74, 6) is 0.899. The molecule has 0 aromatic carbocycles. The number of amides is 1. The number of aromatic nitrogens is 1. The summed E-state index contributed by atoms with van der Waals surface area (Å²) in [6.45, 7) is 8.54. The Morgan fingerprint density at radius 2 is 1.92 bits per heavy atom. The molecule has 0 saturated carbocycles. The Kier molecular flexibility index (Phi) is 9.63. The zero-order valence-corrected chi connectivity index (χ0v) is 16.4. The Morgan fingerprint density at radius 3 is 2.50 bits per heavy atom. The van der Waals surface area contributed by atoms with Crippen molar-refractivity contribution in [3.63, 3.8) is 0 Å². The van der Waals surface area contributed by atoms with Gasteiger partial charge in [0.1, 0.15) is 5.82 Å². The van der Waals surface area contributed by atoms with Crippen LogP contribution in [-0.2, 0) is 11.3 Å². The quantitative estimate of drug-likeness (QED) is 0.847. The molecule has 1 amide bonds. The van der Waals surface area contributed by atoms with Gasteiger partial charge in [0.2, 0.25) is 5.91 Å². The van der Waals surface area contributed by atoms with E-state index in [1.165, 1.54) is 19.3 Å². The van der Waals surface area contributed by atoms with Crippen LogP contribution in [0.15, 0.2) is 18.3 Å². The molecule has 0 spiro atoms. The van der Waals surface area contributed by atoms with E-state index < -0.39 is 6.04 Å². The molecule has 24 heavy (non-hydrogen) atoms. The molecule has 1 atom stereocenters. The molecule has 0 bridgehead atoms. The normalized spacial score (nSPS) is 15.8. The standard InChI is InChI=1S/C17H28N4O.2ClH/c1-17(2,3)15(18)16(22)20-12-13-7-8-19-14(11-13)21-9-5-4-6-10-21;;/h7-8,11,15H,4-6,9-10,12,18H2,1-3H3,(H,20,22);2*1H/t15-;;/m1../s1. The highest BCUT2D eigenvalue weighted by molar-refractivity contribution is 5.85. The average Bonchev–Trinajstić information content (AvgIpc) is 2.52. The first kappa shape index (κ1) is 23.0. The summed E-state index contributed by atoms with van der Waals surface area (Å²) in [6, 6.07) is 3.50. The lowest BCUT2D eigenvalue weighted by atomic mass is 9.87. The number of pyridine rings is 1. The second kappa shape index (κ2) is 10.1. The monoisotopic (exact) mass is 376 g/mol. The molecule has 7 heteroatoms. The van der Waals surface area contributed by atoms with Crippen molar-refractivity contribution >= 4 is 36.5 Å². The fourth-order valence-corrected chi connectivity index (χ4v) is 2.56. The molecular weight excluding hydrogens is 347 g/mol. The minimum Gasteiger partial charge on any atom is -0.357 e. The number of nitrogens with two attached hydrogens (primary N) is 1. The van der Waals surface area contributed by atoms with Gasteiger partial charge in [-0.3, -0.25) is 4.79 Å². The molecule has 1 aliphatic rings. The van der Waals surface area contributed by atoms with Crippen molar-refractivity contribution in [2.75, 3.05) is 18.0 Å². The van der Waals surface area contributed by atoms with Crippen LogP contribution < -0.4 is 16.0 Å². The number of carbonyl (C=O) groups excluding carboxylic acids is 1. The van der Waals surface area contributed by atoms with Gasteiger partial charge in [-0.1, -0.05) is 20.8 Å². The zero-order valence-electron chi connectivity index (χ0n) is 14.7. The van der Waals surface area contributed by atoms with Gasteiger partial charge in [0.05, 0.1) is 6.04 Å².